The molecule has 0 atom stereocenters. The Morgan fingerprint density at radius 1 is 1.57 bits per heavy atom. The van der Waals surface area contributed by atoms with Crippen LogP contribution in [0.25, 0.3) is 0 Å². The number of anilines is 1. The molecule has 1 heterocycles. The zero-order valence-corrected chi connectivity index (χ0v) is 6.87. The Labute approximate surface area is 77.3 Å². The largest absolute Gasteiger partial charge is 0.505 e. The first-order chi connectivity index (χ1) is 6.45. The molecule has 0 aliphatic carbocycles. The first kappa shape index (κ1) is 10.2. The van der Waals surface area contributed by atoms with E-state index in [0.717, 1.165) is 0 Å². The van der Waals surface area contributed by atoms with Gasteiger partial charge in [-0.3, -0.25) is 4.79 Å². The summed E-state index contributed by atoms with van der Waals surface area (Å²) in [5.74, 6) is -1.69. The predicted octanol–water partition coefficient (Wildman–Crippen LogP) is 0.406. The van der Waals surface area contributed by atoms with E-state index in [-0.39, 0.29) is 0 Å². The van der Waals surface area contributed by atoms with Crippen LogP contribution in [-0.4, -0.2) is 16.0 Å². The number of aromatic nitrogens is 1. The molecule has 0 bridgehead atoms. The van der Waals surface area contributed by atoms with Crippen molar-refractivity contribution in [2.75, 3.05) is 5.73 Å². The highest BCUT2D eigenvalue weighted by molar-refractivity contribution is 6.00. The maximum atomic E-state index is 12.2. The molecule has 1 aromatic rings. The van der Waals surface area contributed by atoms with Crippen molar-refractivity contribution in [3.8, 4) is 5.75 Å². The van der Waals surface area contributed by atoms with Crippen molar-refractivity contribution >= 4 is 11.6 Å². The fourth-order valence-corrected chi connectivity index (χ4v) is 0.964. The van der Waals surface area contributed by atoms with Gasteiger partial charge in [-0.2, -0.15) is 0 Å². The lowest BCUT2D eigenvalue weighted by molar-refractivity contribution is 0.0998. The minimum atomic E-state index is -2.92. The van der Waals surface area contributed by atoms with E-state index in [0.29, 0.717) is 6.20 Å². The zero-order chi connectivity index (χ0) is 10.9. The first-order valence-electron chi connectivity index (χ1n) is 3.50. The number of rotatable bonds is 2. The summed E-state index contributed by atoms with van der Waals surface area (Å²) >= 11 is 0. The topological polar surface area (TPSA) is 102 Å². The summed E-state index contributed by atoms with van der Waals surface area (Å²) in [7, 11) is 0. The lowest BCUT2D eigenvalue weighted by Crippen LogP contribution is -2.16. The average Bonchev–Trinajstić information content (AvgIpc) is 2.02. The number of primary amides is 1. The van der Waals surface area contributed by atoms with Crippen molar-refractivity contribution in [1.29, 1.82) is 0 Å². The quantitative estimate of drug-likeness (QED) is 0.647. The van der Waals surface area contributed by atoms with Crippen LogP contribution in [0.2, 0.25) is 0 Å². The number of hydrogen-bond acceptors (Lipinski definition) is 4. The van der Waals surface area contributed by atoms with E-state index < -0.39 is 35.0 Å². The summed E-state index contributed by atoms with van der Waals surface area (Å²) in [6, 6.07) is 0. The molecule has 0 aliphatic heterocycles. The number of nitrogens with two attached hydrogens (primary N) is 2. The maximum Gasteiger partial charge on any atom is 0.282 e. The van der Waals surface area contributed by atoms with Crippen molar-refractivity contribution in [1.82, 2.24) is 4.98 Å². The molecule has 0 radical (unpaired) electrons. The van der Waals surface area contributed by atoms with Crippen molar-refractivity contribution in [2.45, 2.75) is 6.43 Å². The van der Waals surface area contributed by atoms with Crippen molar-refractivity contribution < 1.29 is 18.7 Å². The standard InChI is InChI=1S/C7H7F2N3O2/c8-6(9)5-4(10)3(7(11)14)2(13)1-12-5/h1,6,13H,10H2,(H2,11,14). The number of carbonyl (C=O) groups excluding carboxylic acids is 1. The second-order valence-corrected chi connectivity index (χ2v) is 2.48. The van der Waals surface area contributed by atoms with Gasteiger partial charge in [-0.15, -0.1) is 0 Å². The Bertz CT molecular complexity index is 381. The van der Waals surface area contributed by atoms with Crippen molar-refractivity contribution in [3.05, 3.63) is 17.5 Å². The van der Waals surface area contributed by atoms with Crippen LogP contribution in [-0.2, 0) is 0 Å². The van der Waals surface area contributed by atoms with Gasteiger partial charge in [0.05, 0.1) is 11.9 Å². The molecule has 1 amide bonds. The fraction of sp³-hybridized carbons (Fsp3) is 0.143. The van der Waals surface area contributed by atoms with E-state index in [9.17, 15) is 13.6 Å². The zero-order valence-electron chi connectivity index (χ0n) is 6.87. The van der Waals surface area contributed by atoms with Gasteiger partial charge >= 0.3 is 0 Å². The van der Waals surface area contributed by atoms with Gasteiger partial charge < -0.3 is 16.6 Å². The van der Waals surface area contributed by atoms with E-state index in [4.69, 9.17) is 16.6 Å². The molecule has 0 unspecified atom stereocenters. The summed E-state index contributed by atoms with van der Waals surface area (Å²) < 4.78 is 24.5. The van der Waals surface area contributed by atoms with Crippen LogP contribution in [0.3, 0.4) is 0 Å². The van der Waals surface area contributed by atoms with Crippen LogP contribution in [0.4, 0.5) is 14.5 Å². The molecule has 0 spiro atoms. The second-order valence-electron chi connectivity index (χ2n) is 2.48. The number of aromatic hydroxyl groups is 1. The van der Waals surface area contributed by atoms with Crippen LogP contribution in [0.15, 0.2) is 6.20 Å². The number of alkyl halides is 2. The highest BCUT2D eigenvalue weighted by Gasteiger charge is 2.21. The molecule has 0 aromatic carbocycles. The summed E-state index contributed by atoms with van der Waals surface area (Å²) in [5, 5.41) is 9.08. The van der Waals surface area contributed by atoms with E-state index in [2.05, 4.69) is 4.98 Å². The number of carbonyl (C=O) groups is 1. The van der Waals surface area contributed by atoms with Crippen molar-refractivity contribution in [3.63, 3.8) is 0 Å². The third-order valence-corrected chi connectivity index (χ3v) is 1.58. The molecule has 0 saturated heterocycles. The predicted molar refractivity (Wildman–Crippen MR) is 43.8 cm³/mol. The number of nitrogen functional groups attached to an aromatic ring is 1. The summed E-state index contributed by atoms with van der Waals surface area (Å²) in [6.07, 6.45) is -2.22. The molecule has 0 aliphatic rings. The molecule has 1 aromatic heterocycles. The highest BCUT2D eigenvalue weighted by Crippen LogP contribution is 2.30. The molecular weight excluding hydrogens is 196 g/mol. The number of amides is 1. The Kier molecular flexibility index (Phi) is 2.50. The summed E-state index contributed by atoms with van der Waals surface area (Å²) in [4.78, 5) is 13.9. The summed E-state index contributed by atoms with van der Waals surface area (Å²) in [5.41, 5.74) is 8.13. The maximum absolute atomic E-state index is 12.2. The van der Waals surface area contributed by atoms with E-state index >= 15 is 0 Å². The molecule has 0 fully saturated rings. The highest BCUT2D eigenvalue weighted by atomic mass is 19.3. The summed E-state index contributed by atoms with van der Waals surface area (Å²) in [6.45, 7) is 0. The lowest BCUT2D eigenvalue weighted by Gasteiger charge is -2.08. The Balaban J connectivity index is 3.41. The second kappa shape index (κ2) is 3.44. The van der Waals surface area contributed by atoms with Crippen LogP contribution in [0.1, 0.15) is 22.5 Å². The van der Waals surface area contributed by atoms with Gasteiger partial charge in [-0.1, -0.05) is 0 Å². The average molecular weight is 203 g/mol. The van der Waals surface area contributed by atoms with Gasteiger partial charge in [0, 0.05) is 0 Å². The Morgan fingerprint density at radius 2 is 2.14 bits per heavy atom. The van der Waals surface area contributed by atoms with Gasteiger partial charge in [0.15, 0.2) is 0 Å². The SMILES string of the molecule is NC(=O)c1c(O)cnc(C(F)F)c1N. The van der Waals surface area contributed by atoms with Crippen LogP contribution >= 0.6 is 0 Å². The molecule has 0 saturated carbocycles. The molecular formula is C7H7F2N3O2. The molecule has 5 N–H and O–H groups in total. The lowest BCUT2D eigenvalue weighted by atomic mass is 10.1. The fourth-order valence-electron chi connectivity index (χ4n) is 0.964. The Hall–Kier alpha value is -1.92. The van der Waals surface area contributed by atoms with E-state index in [1.165, 1.54) is 0 Å². The Morgan fingerprint density at radius 3 is 2.57 bits per heavy atom. The van der Waals surface area contributed by atoms with Crippen molar-refractivity contribution in [2.24, 2.45) is 5.73 Å². The number of pyridine rings is 1. The van der Waals surface area contributed by atoms with Crippen LogP contribution in [0.5, 0.6) is 5.75 Å². The van der Waals surface area contributed by atoms with Crippen LogP contribution < -0.4 is 11.5 Å². The minimum Gasteiger partial charge on any atom is -0.505 e. The molecule has 76 valence electrons. The smallest absolute Gasteiger partial charge is 0.282 e. The van der Waals surface area contributed by atoms with E-state index in [1.807, 2.05) is 0 Å². The van der Waals surface area contributed by atoms with Gasteiger partial charge in [-0.25, -0.2) is 13.8 Å². The molecule has 5 nitrogen and oxygen atoms in total. The normalized spacial score (nSPS) is 10.5. The molecule has 7 heteroatoms. The molecule has 1 rings (SSSR count). The van der Waals surface area contributed by atoms with Gasteiger partial charge in [0.1, 0.15) is 17.0 Å². The van der Waals surface area contributed by atoms with Gasteiger partial charge in [0.2, 0.25) is 0 Å². The third kappa shape index (κ3) is 1.56. The van der Waals surface area contributed by atoms with Crippen LogP contribution in [0, 0.1) is 0 Å². The monoisotopic (exact) mass is 203 g/mol. The minimum absolute atomic E-state index is 0.532. The molecule has 14 heavy (non-hydrogen) atoms. The third-order valence-electron chi connectivity index (χ3n) is 1.58. The number of halogens is 2. The number of nitrogens with zero attached hydrogens (tertiary/aromatic N) is 1. The van der Waals surface area contributed by atoms with Gasteiger partial charge in [0.25, 0.3) is 12.3 Å². The van der Waals surface area contributed by atoms with E-state index in [1.54, 1.807) is 0 Å². The van der Waals surface area contributed by atoms with Gasteiger partial charge in [-0.05, 0) is 0 Å². The first-order valence-corrected chi connectivity index (χ1v) is 3.50. The number of hydrogen-bond donors (Lipinski definition) is 3.